The summed E-state index contributed by atoms with van der Waals surface area (Å²) < 4.78 is 5.17. The van der Waals surface area contributed by atoms with Crippen LogP contribution in [0.25, 0.3) is 6.08 Å². The van der Waals surface area contributed by atoms with Gasteiger partial charge in [-0.3, -0.25) is 0 Å². The minimum absolute atomic E-state index is 0.184. The van der Waals surface area contributed by atoms with Crippen LogP contribution < -0.4 is 0 Å². The number of carbonyl (C=O) groups excluding carboxylic acids is 1. The lowest BCUT2D eigenvalue weighted by Crippen LogP contribution is -2.29. The molecule has 2 aliphatic rings. The lowest BCUT2D eigenvalue weighted by atomic mass is 9.88. The van der Waals surface area contributed by atoms with Gasteiger partial charge in [-0.1, -0.05) is 18.2 Å². The monoisotopic (exact) mass is 400 g/mol. The highest BCUT2D eigenvalue weighted by molar-refractivity contribution is 5.93. The predicted molar refractivity (Wildman–Crippen MR) is 118 cm³/mol. The highest BCUT2D eigenvalue weighted by Gasteiger charge is 2.24. The van der Waals surface area contributed by atoms with Gasteiger partial charge in [0.25, 0.3) is 0 Å². The summed E-state index contributed by atoms with van der Waals surface area (Å²) in [6.07, 6.45) is 9.02. The normalized spacial score (nSPS) is 16.6. The lowest BCUT2D eigenvalue weighted by Gasteiger charge is -2.31. The summed E-state index contributed by atoms with van der Waals surface area (Å²) in [6, 6.07) is 12.2. The van der Waals surface area contributed by atoms with Crippen molar-refractivity contribution in [1.29, 1.82) is 5.26 Å². The number of nitrogens with zero attached hydrogens (tertiary/aromatic N) is 2. The number of carbonyl (C=O) groups is 1. The van der Waals surface area contributed by atoms with Crippen molar-refractivity contribution in [3.63, 3.8) is 0 Å². The second-order valence-corrected chi connectivity index (χ2v) is 8.47. The van der Waals surface area contributed by atoms with Crippen LogP contribution >= 0.6 is 0 Å². The van der Waals surface area contributed by atoms with E-state index in [0.717, 1.165) is 53.2 Å². The lowest BCUT2D eigenvalue weighted by molar-refractivity contribution is 0.0535. The molecule has 154 valence electrons. The summed E-state index contributed by atoms with van der Waals surface area (Å²) in [5, 5.41) is 9.06. The fraction of sp³-hybridized carbons (Fsp3) is 0.385. The van der Waals surface area contributed by atoms with Gasteiger partial charge in [0.2, 0.25) is 0 Å². The molecule has 0 unspecified atom stereocenters. The van der Waals surface area contributed by atoms with E-state index in [4.69, 9.17) is 10.00 Å². The third kappa shape index (κ3) is 4.26. The molecule has 2 aromatic carbocycles. The molecule has 1 saturated heterocycles. The molecular weight excluding hydrogens is 372 g/mol. The largest absolute Gasteiger partial charge is 0.457 e. The van der Waals surface area contributed by atoms with Crippen molar-refractivity contribution < 1.29 is 9.53 Å². The van der Waals surface area contributed by atoms with Gasteiger partial charge < -0.3 is 9.64 Å². The Labute approximate surface area is 178 Å². The Morgan fingerprint density at radius 1 is 1.20 bits per heavy atom. The second kappa shape index (κ2) is 8.75. The van der Waals surface area contributed by atoms with Gasteiger partial charge in [-0.2, -0.15) is 5.26 Å². The van der Waals surface area contributed by atoms with E-state index in [1.165, 1.54) is 30.4 Å². The predicted octanol–water partition coefficient (Wildman–Crippen LogP) is 5.16. The van der Waals surface area contributed by atoms with Gasteiger partial charge in [0, 0.05) is 18.7 Å². The molecule has 0 aliphatic carbocycles. The second-order valence-electron chi connectivity index (χ2n) is 8.47. The van der Waals surface area contributed by atoms with Gasteiger partial charge in [-0.25, -0.2) is 4.79 Å². The molecule has 2 aliphatic heterocycles. The number of cyclic esters (lactones) is 1. The molecule has 0 amide bonds. The van der Waals surface area contributed by atoms with E-state index in [1.807, 2.05) is 25.1 Å². The van der Waals surface area contributed by atoms with E-state index in [2.05, 4.69) is 42.3 Å². The van der Waals surface area contributed by atoms with Crippen molar-refractivity contribution >= 4 is 12.0 Å². The smallest absolute Gasteiger partial charge is 0.338 e. The van der Waals surface area contributed by atoms with E-state index in [9.17, 15) is 4.79 Å². The van der Waals surface area contributed by atoms with Crippen LogP contribution in [-0.4, -0.2) is 24.0 Å². The molecule has 1 fully saturated rings. The van der Waals surface area contributed by atoms with Crippen LogP contribution in [0.5, 0.6) is 0 Å². The fourth-order valence-corrected chi connectivity index (χ4v) is 4.53. The van der Waals surface area contributed by atoms with Crippen molar-refractivity contribution in [2.75, 3.05) is 13.1 Å². The molecule has 4 heteroatoms. The zero-order valence-electron chi connectivity index (χ0n) is 17.8. The molecule has 0 N–H and O–H groups in total. The highest BCUT2D eigenvalue weighted by Crippen LogP contribution is 2.29. The molecule has 0 bridgehead atoms. The molecular formula is C26H28N2O2. The maximum atomic E-state index is 11.7. The standard InChI is InChI=1S/C26H28N2O2/c1-18-15-21(4-6-23(18)16-27)11-14-28-12-9-20(10-13-28)3-5-22-7-8-24-25(19(22)2)17-30-26(24)29/h4,6-8,11,14-15,20H,3,5,9-10,12-13,17H2,1-2H3/b14-11+. The summed E-state index contributed by atoms with van der Waals surface area (Å²) in [5.41, 5.74) is 7.32. The number of esters is 1. The average Bonchev–Trinajstić information content (AvgIpc) is 3.14. The number of hydrogen-bond acceptors (Lipinski definition) is 4. The summed E-state index contributed by atoms with van der Waals surface area (Å²) in [5.74, 6) is 0.564. The van der Waals surface area contributed by atoms with E-state index >= 15 is 0 Å². The molecule has 2 heterocycles. The topological polar surface area (TPSA) is 53.3 Å². The number of fused-ring (bicyclic) bond motifs is 1. The molecule has 0 aromatic heterocycles. The Morgan fingerprint density at radius 2 is 2.00 bits per heavy atom. The summed E-state index contributed by atoms with van der Waals surface area (Å²) >= 11 is 0. The number of nitriles is 1. The molecule has 30 heavy (non-hydrogen) atoms. The average molecular weight is 401 g/mol. The van der Waals surface area contributed by atoms with Crippen LogP contribution in [0.2, 0.25) is 0 Å². The maximum absolute atomic E-state index is 11.7. The Hall–Kier alpha value is -3.06. The quantitative estimate of drug-likeness (QED) is 0.651. The van der Waals surface area contributed by atoms with Crippen LogP contribution in [0.15, 0.2) is 36.5 Å². The van der Waals surface area contributed by atoms with E-state index in [0.29, 0.717) is 6.61 Å². The summed E-state index contributed by atoms with van der Waals surface area (Å²) in [6.45, 7) is 6.70. The zero-order chi connectivity index (χ0) is 21.1. The zero-order valence-corrected chi connectivity index (χ0v) is 17.8. The van der Waals surface area contributed by atoms with Gasteiger partial charge in [0.1, 0.15) is 6.61 Å². The Bertz CT molecular complexity index is 1020. The van der Waals surface area contributed by atoms with Gasteiger partial charge in [0.05, 0.1) is 17.2 Å². The van der Waals surface area contributed by atoms with Gasteiger partial charge >= 0.3 is 5.97 Å². The van der Waals surface area contributed by atoms with Crippen LogP contribution in [-0.2, 0) is 17.8 Å². The molecule has 0 spiro atoms. The van der Waals surface area contributed by atoms with Crippen molar-refractivity contribution in [3.8, 4) is 6.07 Å². The Kier molecular flexibility index (Phi) is 5.90. The van der Waals surface area contributed by atoms with E-state index in [1.54, 1.807) is 0 Å². The van der Waals surface area contributed by atoms with E-state index in [-0.39, 0.29) is 5.97 Å². The van der Waals surface area contributed by atoms with Crippen molar-refractivity contribution in [2.45, 2.75) is 46.1 Å². The first-order valence-electron chi connectivity index (χ1n) is 10.8. The first-order chi connectivity index (χ1) is 14.5. The first kappa shape index (κ1) is 20.2. The summed E-state index contributed by atoms with van der Waals surface area (Å²) in [4.78, 5) is 14.1. The Morgan fingerprint density at radius 3 is 2.73 bits per heavy atom. The minimum atomic E-state index is -0.184. The molecule has 2 aromatic rings. The van der Waals surface area contributed by atoms with Crippen LogP contribution in [0.3, 0.4) is 0 Å². The molecule has 0 atom stereocenters. The van der Waals surface area contributed by atoms with E-state index < -0.39 is 0 Å². The highest BCUT2D eigenvalue weighted by atomic mass is 16.5. The van der Waals surface area contributed by atoms with Crippen LogP contribution in [0, 0.1) is 31.1 Å². The molecule has 4 rings (SSSR count). The number of aryl methyl sites for hydroxylation is 2. The van der Waals surface area contributed by atoms with Gasteiger partial charge in [-0.15, -0.1) is 0 Å². The third-order valence-electron chi connectivity index (χ3n) is 6.60. The first-order valence-corrected chi connectivity index (χ1v) is 10.8. The van der Waals surface area contributed by atoms with Crippen molar-refractivity contribution in [2.24, 2.45) is 5.92 Å². The third-order valence-corrected chi connectivity index (χ3v) is 6.60. The number of likely N-dealkylation sites (tertiary alicyclic amines) is 1. The Balaban J connectivity index is 1.28. The minimum Gasteiger partial charge on any atom is -0.457 e. The molecule has 0 saturated carbocycles. The van der Waals surface area contributed by atoms with Crippen LogP contribution in [0.4, 0.5) is 0 Å². The number of piperidine rings is 1. The van der Waals surface area contributed by atoms with Crippen molar-refractivity contribution in [1.82, 2.24) is 4.90 Å². The van der Waals surface area contributed by atoms with Gasteiger partial charge in [-0.05, 0) is 92.1 Å². The number of benzene rings is 2. The van der Waals surface area contributed by atoms with Gasteiger partial charge in [0.15, 0.2) is 0 Å². The SMILES string of the molecule is Cc1cc(/C=C/N2CCC(CCc3ccc4c(c3C)COC4=O)CC2)ccc1C#N. The van der Waals surface area contributed by atoms with Crippen molar-refractivity contribution in [3.05, 3.63) is 75.5 Å². The number of hydrogen-bond donors (Lipinski definition) is 0. The summed E-state index contributed by atoms with van der Waals surface area (Å²) in [7, 11) is 0. The molecule has 4 nitrogen and oxygen atoms in total. The number of rotatable bonds is 5. The fourth-order valence-electron chi connectivity index (χ4n) is 4.53. The van der Waals surface area contributed by atoms with Crippen LogP contribution in [0.1, 0.15) is 63.0 Å². The maximum Gasteiger partial charge on any atom is 0.338 e. The number of ether oxygens (including phenoxy) is 1. The molecule has 0 radical (unpaired) electrons.